The van der Waals surface area contributed by atoms with Crippen LogP contribution in [0.2, 0.25) is 0 Å². The van der Waals surface area contributed by atoms with E-state index in [4.69, 9.17) is 0 Å². The molecule has 3 atom stereocenters. The van der Waals surface area contributed by atoms with Gasteiger partial charge in [0.2, 0.25) is 0 Å². The Morgan fingerprint density at radius 2 is 2.11 bits per heavy atom. The molecule has 0 aromatic rings. The topological polar surface area (TPSA) is 12.0 Å². The van der Waals surface area contributed by atoms with Crippen molar-refractivity contribution in [2.24, 2.45) is 17.8 Å². The summed E-state index contributed by atoms with van der Waals surface area (Å²) in [5.74, 6) is 2.89. The molecule has 0 aliphatic heterocycles. The normalized spacial score (nSPS) is 42.3. The summed E-state index contributed by atoms with van der Waals surface area (Å²) >= 11 is 0. The Morgan fingerprint density at radius 1 is 1.44 bits per heavy atom. The molecule has 1 fully saturated rings. The molecule has 0 spiro atoms. The summed E-state index contributed by atoms with van der Waals surface area (Å²) in [5, 5.41) is 3.22. The van der Waals surface area contributed by atoms with E-state index in [1.54, 1.807) is 0 Å². The molecule has 54 valence electrons. The van der Waals surface area contributed by atoms with Gasteiger partial charge in [-0.15, -0.1) is 0 Å². The minimum atomic E-state index is 0.956. The summed E-state index contributed by atoms with van der Waals surface area (Å²) in [6.07, 6.45) is 1.43. The molecule has 1 heteroatoms. The van der Waals surface area contributed by atoms with E-state index in [1.807, 2.05) is 7.05 Å². The van der Waals surface area contributed by atoms with Gasteiger partial charge in [0.1, 0.15) is 0 Å². The van der Waals surface area contributed by atoms with Gasteiger partial charge in [0, 0.05) is 0 Å². The van der Waals surface area contributed by atoms with Gasteiger partial charge in [0.15, 0.2) is 0 Å². The van der Waals surface area contributed by atoms with E-state index in [0.29, 0.717) is 0 Å². The average molecular weight is 127 g/mol. The summed E-state index contributed by atoms with van der Waals surface area (Å²) in [4.78, 5) is 0. The van der Waals surface area contributed by atoms with Crippen molar-refractivity contribution in [2.45, 2.75) is 20.3 Å². The van der Waals surface area contributed by atoms with Gasteiger partial charge >= 0.3 is 0 Å². The smallest absolute Gasteiger partial charge is 0.00208 e. The maximum atomic E-state index is 3.22. The van der Waals surface area contributed by atoms with Gasteiger partial charge in [-0.25, -0.2) is 0 Å². The van der Waals surface area contributed by atoms with Crippen LogP contribution in [0, 0.1) is 17.8 Å². The quantitative estimate of drug-likeness (QED) is 0.592. The average Bonchev–Trinajstić information content (AvgIpc) is 1.88. The molecular formula is C8H17N. The van der Waals surface area contributed by atoms with E-state index in [1.165, 1.54) is 13.0 Å². The molecule has 1 aliphatic carbocycles. The van der Waals surface area contributed by atoms with Crippen LogP contribution in [-0.4, -0.2) is 13.6 Å². The molecule has 0 aromatic carbocycles. The SMILES string of the molecule is CNCC1CC(C)C1C. The molecule has 0 amide bonds. The molecule has 1 saturated carbocycles. The summed E-state index contributed by atoms with van der Waals surface area (Å²) in [6.45, 7) is 5.92. The van der Waals surface area contributed by atoms with E-state index in [2.05, 4.69) is 19.2 Å². The van der Waals surface area contributed by atoms with Gasteiger partial charge in [0.25, 0.3) is 0 Å². The van der Waals surface area contributed by atoms with E-state index in [0.717, 1.165) is 17.8 Å². The molecule has 1 nitrogen and oxygen atoms in total. The fourth-order valence-corrected chi connectivity index (χ4v) is 1.71. The fraction of sp³-hybridized carbons (Fsp3) is 1.00. The third-order valence-electron chi connectivity index (χ3n) is 2.78. The first-order valence-electron chi connectivity index (χ1n) is 3.90. The number of nitrogens with one attached hydrogen (secondary N) is 1. The van der Waals surface area contributed by atoms with Gasteiger partial charge in [-0.1, -0.05) is 13.8 Å². The highest BCUT2D eigenvalue weighted by atomic mass is 14.8. The summed E-state index contributed by atoms with van der Waals surface area (Å²) in [7, 11) is 2.04. The van der Waals surface area contributed by atoms with Crippen LogP contribution in [0.1, 0.15) is 20.3 Å². The van der Waals surface area contributed by atoms with Gasteiger partial charge in [-0.3, -0.25) is 0 Å². The zero-order chi connectivity index (χ0) is 6.85. The maximum Gasteiger partial charge on any atom is -0.00208 e. The monoisotopic (exact) mass is 127 g/mol. The third kappa shape index (κ3) is 1.26. The maximum absolute atomic E-state index is 3.22. The molecule has 1 aliphatic rings. The number of hydrogen-bond acceptors (Lipinski definition) is 1. The Hall–Kier alpha value is -0.0400. The minimum absolute atomic E-state index is 0.956. The van der Waals surface area contributed by atoms with Crippen molar-refractivity contribution in [1.82, 2.24) is 5.32 Å². The molecule has 3 unspecified atom stereocenters. The third-order valence-corrected chi connectivity index (χ3v) is 2.78. The van der Waals surface area contributed by atoms with E-state index < -0.39 is 0 Å². The molecule has 1 rings (SSSR count). The lowest BCUT2D eigenvalue weighted by Gasteiger charge is -2.40. The van der Waals surface area contributed by atoms with Crippen LogP contribution in [0.25, 0.3) is 0 Å². The second-order valence-corrected chi connectivity index (χ2v) is 3.39. The van der Waals surface area contributed by atoms with Crippen molar-refractivity contribution in [3.63, 3.8) is 0 Å². The summed E-state index contributed by atoms with van der Waals surface area (Å²) in [5.41, 5.74) is 0. The summed E-state index contributed by atoms with van der Waals surface area (Å²) < 4.78 is 0. The largest absolute Gasteiger partial charge is 0.319 e. The molecule has 0 bridgehead atoms. The molecule has 0 aromatic heterocycles. The first-order valence-corrected chi connectivity index (χ1v) is 3.90. The Labute approximate surface area is 57.8 Å². The van der Waals surface area contributed by atoms with Crippen molar-refractivity contribution in [3.8, 4) is 0 Å². The molecule has 1 N–H and O–H groups in total. The second-order valence-electron chi connectivity index (χ2n) is 3.39. The van der Waals surface area contributed by atoms with Crippen LogP contribution < -0.4 is 5.32 Å². The van der Waals surface area contributed by atoms with E-state index >= 15 is 0 Å². The predicted octanol–water partition coefficient (Wildman–Crippen LogP) is 1.50. The molecule has 0 heterocycles. The lowest BCUT2D eigenvalue weighted by molar-refractivity contribution is 0.104. The van der Waals surface area contributed by atoms with Gasteiger partial charge in [0.05, 0.1) is 0 Å². The molecule has 0 radical (unpaired) electrons. The molecule has 9 heavy (non-hydrogen) atoms. The highest BCUT2D eigenvalue weighted by molar-refractivity contribution is 4.84. The highest BCUT2D eigenvalue weighted by Gasteiger charge is 2.33. The first kappa shape index (κ1) is 7.07. The Kier molecular flexibility index (Phi) is 2.12. The molecule has 0 saturated heterocycles. The Balaban J connectivity index is 2.17. The van der Waals surface area contributed by atoms with Crippen molar-refractivity contribution in [2.75, 3.05) is 13.6 Å². The van der Waals surface area contributed by atoms with Crippen molar-refractivity contribution in [1.29, 1.82) is 0 Å². The standard InChI is InChI=1S/C8H17N/c1-6-4-8(5-9-3)7(6)2/h6-9H,4-5H2,1-3H3. The van der Waals surface area contributed by atoms with E-state index in [-0.39, 0.29) is 0 Å². The van der Waals surface area contributed by atoms with E-state index in [9.17, 15) is 0 Å². The Bertz CT molecular complexity index is 88.6. The minimum Gasteiger partial charge on any atom is -0.319 e. The van der Waals surface area contributed by atoms with Gasteiger partial charge < -0.3 is 5.32 Å². The molecular weight excluding hydrogens is 110 g/mol. The van der Waals surface area contributed by atoms with Gasteiger partial charge in [-0.2, -0.15) is 0 Å². The number of hydrogen-bond donors (Lipinski definition) is 1. The lowest BCUT2D eigenvalue weighted by Crippen LogP contribution is -2.38. The predicted molar refractivity (Wildman–Crippen MR) is 40.4 cm³/mol. The number of rotatable bonds is 2. The van der Waals surface area contributed by atoms with Crippen LogP contribution in [0.3, 0.4) is 0 Å². The van der Waals surface area contributed by atoms with Crippen LogP contribution in [-0.2, 0) is 0 Å². The summed E-state index contributed by atoms with van der Waals surface area (Å²) in [6, 6.07) is 0. The van der Waals surface area contributed by atoms with Crippen molar-refractivity contribution < 1.29 is 0 Å². The Morgan fingerprint density at radius 3 is 2.44 bits per heavy atom. The van der Waals surface area contributed by atoms with Crippen LogP contribution in [0.4, 0.5) is 0 Å². The zero-order valence-corrected chi connectivity index (χ0v) is 6.65. The van der Waals surface area contributed by atoms with Crippen molar-refractivity contribution >= 4 is 0 Å². The zero-order valence-electron chi connectivity index (χ0n) is 6.65. The van der Waals surface area contributed by atoms with Crippen molar-refractivity contribution in [3.05, 3.63) is 0 Å². The lowest BCUT2D eigenvalue weighted by atomic mass is 9.67. The highest BCUT2D eigenvalue weighted by Crippen LogP contribution is 2.38. The van der Waals surface area contributed by atoms with Crippen LogP contribution >= 0.6 is 0 Å². The van der Waals surface area contributed by atoms with Crippen LogP contribution in [0.5, 0.6) is 0 Å². The fourth-order valence-electron chi connectivity index (χ4n) is 1.71. The van der Waals surface area contributed by atoms with Gasteiger partial charge in [-0.05, 0) is 37.8 Å². The second kappa shape index (κ2) is 2.70. The first-order chi connectivity index (χ1) is 4.25. The van der Waals surface area contributed by atoms with Crippen LogP contribution in [0.15, 0.2) is 0 Å².